The number of rotatable bonds is 4. The molecule has 0 heterocycles. The fourth-order valence-corrected chi connectivity index (χ4v) is 1.25. The van der Waals surface area contributed by atoms with Crippen LogP contribution in [0.4, 0.5) is 0 Å². The predicted octanol–water partition coefficient (Wildman–Crippen LogP) is 2.84. The fraction of sp³-hybridized carbons (Fsp3) is 0.222. The van der Waals surface area contributed by atoms with E-state index in [-0.39, 0.29) is 12.3 Å². The highest BCUT2D eigenvalue weighted by atomic mass is 35.5. The van der Waals surface area contributed by atoms with Crippen molar-refractivity contribution < 1.29 is 9.53 Å². The second-order valence-corrected chi connectivity index (χ2v) is 3.09. The number of azide groups is 1. The van der Waals surface area contributed by atoms with Gasteiger partial charge >= 0.3 is 0 Å². The summed E-state index contributed by atoms with van der Waals surface area (Å²) in [6.45, 7) is -0.243. The molecule has 0 unspecified atom stereocenters. The lowest BCUT2D eigenvalue weighted by atomic mass is 10.1. The number of ether oxygens (including phenoxy) is 1. The first kappa shape index (κ1) is 11.4. The molecule has 0 saturated heterocycles. The molecule has 0 N–H and O–H groups in total. The van der Waals surface area contributed by atoms with E-state index in [0.29, 0.717) is 16.3 Å². The number of carbonyl (C=O) groups excluding carboxylic acids is 1. The Balaban J connectivity index is 3.05. The monoisotopic (exact) mass is 225 g/mol. The van der Waals surface area contributed by atoms with Crippen LogP contribution in [0, 0.1) is 0 Å². The van der Waals surface area contributed by atoms with E-state index in [0.717, 1.165) is 0 Å². The van der Waals surface area contributed by atoms with Crippen LogP contribution in [0.25, 0.3) is 10.4 Å². The van der Waals surface area contributed by atoms with Crippen LogP contribution < -0.4 is 4.74 Å². The second-order valence-electron chi connectivity index (χ2n) is 2.66. The highest BCUT2D eigenvalue weighted by Gasteiger charge is 2.11. The molecule has 6 heteroatoms. The maximum absolute atomic E-state index is 11.5. The van der Waals surface area contributed by atoms with E-state index in [1.807, 2.05) is 0 Å². The van der Waals surface area contributed by atoms with E-state index < -0.39 is 0 Å². The SMILES string of the molecule is COc1ccc(Cl)cc1C(=O)CN=[N+]=[N-]. The molecule has 5 nitrogen and oxygen atoms in total. The first-order valence-electron chi connectivity index (χ1n) is 4.06. The molecule has 0 bridgehead atoms. The van der Waals surface area contributed by atoms with Gasteiger partial charge in [-0.15, -0.1) is 0 Å². The van der Waals surface area contributed by atoms with Crippen molar-refractivity contribution in [1.82, 2.24) is 0 Å². The van der Waals surface area contributed by atoms with Gasteiger partial charge in [0.05, 0.1) is 19.2 Å². The molecule has 0 aromatic heterocycles. The standard InChI is InChI=1S/C9H8ClN3O2/c1-15-9-3-2-6(10)4-7(9)8(14)5-12-13-11/h2-4H,5H2,1H3. The lowest BCUT2D eigenvalue weighted by Crippen LogP contribution is -2.05. The van der Waals surface area contributed by atoms with Gasteiger partial charge in [-0.25, -0.2) is 0 Å². The quantitative estimate of drug-likeness (QED) is 0.342. The van der Waals surface area contributed by atoms with E-state index >= 15 is 0 Å². The largest absolute Gasteiger partial charge is 0.496 e. The molecular formula is C9H8ClN3O2. The van der Waals surface area contributed by atoms with E-state index in [4.69, 9.17) is 21.9 Å². The predicted molar refractivity (Wildman–Crippen MR) is 56.3 cm³/mol. The van der Waals surface area contributed by atoms with Gasteiger partial charge in [-0.05, 0) is 23.7 Å². The molecule has 0 fully saturated rings. The molecule has 1 aromatic rings. The topological polar surface area (TPSA) is 75.1 Å². The summed E-state index contributed by atoms with van der Waals surface area (Å²) in [5, 5.41) is 3.62. The van der Waals surface area contributed by atoms with Crippen molar-refractivity contribution in [1.29, 1.82) is 0 Å². The van der Waals surface area contributed by atoms with Gasteiger partial charge in [0.2, 0.25) is 0 Å². The van der Waals surface area contributed by atoms with Crippen molar-refractivity contribution in [3.05, 3.63) is 39.2 Å². The molecule has 78 valence electrons. The average molecular weight is 226 g/mol. The van der Waals surface area contributed by atoms with Crippen molar-refractivity contribution in [2.45, 2.75) is 0 Å². The average Bonchev–Trinajstić information content (AvgIpc) is 2.25. The molecule has 0 aliphatic carbocycles. The zero-order chi connectivity index (χ0) is 11.3. The number of methoxy groups -OCH3 is 1. The third kappa shape index (κ3) is 2.87. The van der Waals surface area contributed by atoms with Crippen molar-refractivity contribution in [2.75, 3.05) is 13.7 Å². The maximum Gasteiger partial charge on any atom is 0.172 e. The van der Waals surface area contributed by atoms with Crippen molar-refractivity contribution in [3.63, 3.8) is 0 Å². The Morgan fingerprint density at radius 2 is 2.40 bits per heavy atom. The molecule has 0 atom stereocenters. The van der Waals surface area contributed by atoms with Gasteiger partial charge in [-0.2, -0.15) is 0 Å². The first-order chi connectivity index (χ1) is 7.19. The van der Waals surface area contributed by atoms with Gasteiger partial charge in [-0.1, -0.05) is 16.7 Å². The number of Topliss-reactive ketones (excluding diaryl/α,β-unsaturated/α-hetero) is 1. The number of hydrogen-bond acceptors (Lipinski definition) is 3. The van der Waals surface area contributed by atoms with Crippen LogP contribution in [-0.4, -0.2) is 19.4 Å². The molecule has 0 amide bonds. The van der Waals surface area contributed by atoms with Gasteiger partial charge in [0.25, 0.3) is 0 Å². The van der Waals surface area contributed by atoms with Crippen molar-refractivity contribution >= 4 is 17.4 Å². The fourth-order valence-electron chi connectivity index (χ4n) is 1.08. The normalized spacial score (nSPS) is 9.20. The van der Waals surface area contributed by atoms with Gasteiger partial charge in [-0.3, -0.25) is 4.79 Å². The zero-order valence-corrected chi connectivity index (χ0v) is 8.73. The minimum Gasteiger partial charge on any atom is -0.496 e. The van der Waals surface area contributed by atoms with Gasteiger partial charge in [0.15, 0.2) is 5.78 Å². The molecule has 0 spiro atoms. The lowest BCUT2D eigenvalue weighted by molar-refractivity contribution is 0.0998. The Bertz CT molecular complexity index is 427. The molecular weight excluding hydrogens is 218 g/mol. The number of hydrogen-bond donors (Lipinski definition) is 0. The summed E-state index contributed by atoms with van der Waals surface area (Å²) >= 11 is 5.74. The van der Waals surface area contributed by atoms with Crippen LogP contribution in [0.3, 0.4) is 0 Å². The summed E-state index contributed by atoms with van der Waals surface area (Å²) < 4.78 is 4.99. The summed E-state index contributed by atoms with van der Waals surface area (Å²) in [5.41, 5.74) is 8.41. The number of halogens is 1. The van der Waals surface area contributed by atoms with Crippen molar-refractivity contribution in [2.24, 2.45) is 5.11 Å². The summed E-state index contributed by atoms with van der Waals surface area (Å²) in [4.78, 5) is 14.0. The molecule has 0 saturated carbocycles. The van der Waals surface area contributed by atoms with E-state index in [9.17, 15) is 4.79 Å². The number of benzene rings is 1. The summed E-state index contributed by atoms with van der Waals surface area (Å²) in [6.07, 6.45) is 0. The smallest absolute Gasteiger partial charge is 0.172 e. The maximum atomic E-state index is 11.5. The van der Waals surface area contributed by atoms with Crippen LogP contribution in [0.5, 0.6) is 5.75 Å². The Labute approximate surface area is 91.2 Å². The molecule has 15 heavy (non-hydrogen) atoms. The number of carbonyl (C=O) groups is 1. The third-order valence-corrected chi connectivity index (χ3v) is 1.97. The lowest BCUT2D eigenvalue weighted by Gasteiger charge is -2.06. The van der Waals surface area contributed by atoms with Crippen molar-refractivity contribution in [3.8, 4) is 5.75 Å². The second kappa shape index (κ2) is 5.24. The van der Waals surface area contributed by atoms with Crippen LogP contribution in [0.1, 0.15) is 10.4 Å². The van der Waals surface area contributed by atoms with Crippen LogP contribution >= 0.6 is 11.6 Å². The van der Waals surface area contributed by atoms with Gasteiger partial charge < -0.3 is 4.74 Å². The first-order valence-corrected chi connectivity index (χ1v) is 4.44. The molecule has 0 aliphatic rings. The minimum atomic E-state index is -0.327. The zero-order valence-electron chi connectivity index (χ0n) is 7.98. The molecule has 1 rings (SSSR count). The third-order valence-electron chi connectivity index (χ3n) is 1.74. The van der Waals surface area contributed by atoms with Crippen LogP contribution in [-0.2, 0) is 0 Å². The summed E-state index contributed by atoms with van der Waals surface area (Å²) in [6, 6.07) is 4.69. The Hall–Kier alpha value is -1.71. The van der Waals surface area contributed by atoms with Crippen LogP contribution in [0.15, 0.2) is 23.3 Å². The molecule has 1 aromatic carbocycles. The Kier molecular flexibility index (Phi) is 3.97. The van der Waals surface area contributed by atoms with E-state index in [1.54, 1.807) is 12.1 Å². The summed E-state index contributed by atoms with van der Waals surface area (Å²) in [5.74, 6) is 0.0877. The summed E-state index contributed by atoms with van der Waals surface area (Å²) in [7, 11) is 1.45. The highest BCUT2D eigenvalue weighted by molar-refractivity contribution is 6.31. The highest BCUT2D eigenvalue weighted by Crippen LogP contribution is 2.23. The van der Waals surface area contributed by atoms with E-state index in [2.05, 4.69) is 10.0 Å². The molecule has 0 radical (unpaired) electrons. The van der Waals surface area contributed by atoms with E-state index in [1.165, 1.54) is 13.2 Å². The van der Waals surface area contributed by atoms with Gasteiger partial charge in [0.1, 0.15) is 5.75 Å². The minimum absolute atomic E-state index is 0.243. The Morgan fingerprint density at radius 3 is 3.00 bits per heavy atom. The Morgan fingerprint density at radius 1 is 1.67 bits per heavy atom. The molecule has 0 aliphatic heterocycles. The van der Waals surface area contributed by atoms with Gasteiger partial charge in [0, 0.05) is 9.93 Å². The van der Waals surface area contributed by atoms with Crippen LogP contribution in [0.2, 0.25) is 5.02 Å². The number of ketones is 1. The number of nitrogens with zero attached hydrogens (tertiary/aromatic N) is 3.